The van der Waals surface area contributed by atoms with Gasteiger partial charge in [-0.1, -0.05) is 0 Å². The van der Waals surface area contributed by atoms with Gasteiger partial charge in [0.25, 0.3) is 0 Å². The Labute approximate surface area is 126 Å². The van der Waals surface area contributed by atoms with Gasteiger partial charge in [-0.2, -0.15) is 13.2 Å². The highest BCUT2D eigenvalue weighted by atomic mass is 19.4. The van der Waals surface area contributed by atoms with Crippen LogP contribution in [0.5, 0.6) is 0 Å². The van der Waals surface area contributed by atoms with E-state index in [0.717, 1.165) is 0 Å². The average Bonchev–Trinajstić information content (AvgIpc) is 2.45. The highest BCUT2D eigenvalue weighted by Gasteiger charge is 2.32. The number of benzene rings is 2. The molecule has 8 heteroatoms. The molecule has 2 N–H and O–H groups in total. The van der Waals surface area contributed by atoms with Gasteiger partial charge in [-0.05, 0) is 35.9 Å². The SMILES string of the molecule is O=C(O)c1[c]cc(F)cc1-c1cc(C(F)(F)F)ccc1C(=O)O. The van der Waals surface area contributed by atoms with Gasteiger partial charge in [0.15, 0.2) is 0 Å². The third kappa shape index (κ3) is 3.31. The Kier molecular flexibility index (Phi) is 4.09. The second kappa shape index (κ2) is 5.71. The van der Waals surface area contributed by atoms with E-state index in [1.165, 1.54) is 0 Å². The average molecular weight is 327 g/mol. The Bertz CT molecular complexity index is 797. The van der Waals surface area contributed by atoms with Crippen molar-refractivity contribution in [3.05, 3.63) is 58.9 Å². The summed E-state index contributed by atoms with van der Waals surface area (Å²) in [5, 5.41) is 18.1. The van der Waals surface area contributed by atoms with Crippen molar-refractivity contribution in [1.29, 1.82) is 0 Å². The molecule has 1 radical (unpaired) electrons. The van der Waals surface area contributed by atoms with Gasteiger partial charge in [0.1, 0.15) is 5.82 Å². The lowest BCUT2D eigenvalue weighted by Gasteiger charge is -2.13. The highest BCUT2D eigenvalue weighted by Crippen LogP contribution is 2.35. The standard InChI is InChI=1S/C15H7F4O4/c16-8-2-4-10(14(22)23)12(6-8)11-5-7(15(17,18)19)1-3-9(11)13(20)21/h1-3,5-6H,(H,20,21)(H,22,23). The smallest absolute Gasteiger partial charge is 0.416 e. The molecule has 2 aromatic carbocycles. The molecular formula is C15H7F4O4. The molecule has 0 aromatic heterocycles. The van der Waals surface area contributed by atoms with E-state index in [9.17, 15) is 27.2 Å². The molecule has 2 rings (SSSR count). The van der Waals surface area contributed by atoms with E-state index in [2.05, 4.69) is 6.07 Å². The van der Waals surface area contributed by atoms with E-state index in [0.29, 0.717) is 30.3 Å². The summed E-state index contributed by atoms with van der Waals surface area (Å²) in [4.78, 5) is 22.3. The molecule has 23 heavy (non-hydrogen) atoms. The molecule has 119 valence electrons. The van der Waals surface area contributed by atoms with Crippen LogP contribution in [0.15, 0.2) is 30.3 Å². The number of halogens is 4. The third-order valence-corrected chi connectivity index (χ3v) is 2.99. The molecule has 0 aliphatic carbocycles. The van der Waals surface area contributed by atoms with Crippen LogP contribution in [0, 0.1) is 11.9 Å². The summed E-state index contributed by atoms with van der Waals surface area (Å²) in [5.41, 5.74) is -3.45. The number of carboxylic acids is 2. The van der Waals surface area contributed by atoms with E-state index in [-0.39, 0.29) is 0 Å². The third-order valence-electron chi connectivity index (χ3n) is 2.99. The van der Waals surface area contributed by atoms with Gasteiger partial charge in [0.05, 0.1) is 16.7 Å². The minimum Gasteiger partial charge on any atom is -0.478 e. The molecule has 0 atom stereocenters. The molecular weight excluding hydrogens is 320 g/mol. The molecule has 0 heterocycles. The Morgan fingerprint density at radius 1 is 1.00 bits per heavy atom. The predicted octanol–water partition coefficient (Wildman–Crippen LogP) is 3.71. The van der Waals surface area contributed by atoms with Gasteiger partial charge >= 0.3 is 18.1 Å². The number of hydrogen-bond acceptors (Lipinski definition) is 2. The molecule has 2 aromatic rings. The lowest BCUT2D eigenvalue weighted by Crippen LogP contribution is -2.09. The van der Waals surface area contributed by atoms with E-state index < -0.39 is 51.7 Å². The van der Waals surface area contributed by atoms with Gasteiger partial charge in [0.2, 0.25) is 0 Å². The fraction of sp³-hybridized carbons (Fsp3) is 0.0667. The number of aromatic carboxylic acids is 2. The quantitative estimate of drug-likeness (QED) is 0.843. The number of rotatable bonds is 3. The molecule has 0 spiro atoms. The van der Waals surface area contributed by atoms with E-state index in [1.807, 2.05) is 0 Å². The molecule has 0 bridgehead atoms. The maximum atomic E-state index is 13.4. The first-order valence-corrected chi connectivity index (χ1v) is 6.00. The van der Waals surface area contributed by atoms with Crippen LogP contribution < -0.4 is 0 Å². The van der Waals surface area contributed by atoms with E-state index in [4.69, 9.17) is 10.2 Å². The van der Waals surface area contributed by atoms with Crippen molar-refractivity contribution in [1.82, 2.24) is 0 Å². The fourth-order valence-corrected chi connectivity index (χ4v) is 1.99. The topological polar surface area (TPSA) is 74.6 Å². The molecule has 0 unspecified atom stereocenters. The number of carboxylic acid groups (broad SMARTS) is 2. The van der Waals surface area contributed by atoms with Crippen LogP contribution in [0.3, 0.4) is 0 Å². The van der Waals surface area contributed by atoms with Crippen LogP contribution in [-0.4, -0.2) is 22.2 Å². The second-order valence-corrected chi connectivity index (χ2v) is 4.47. The Hall–Kier alpha value is -2.90. The zero-order valence-electron chi connectivity index (χ0n) is 11.1. The molecule has 0 aliphatic rings. The minimum absolute atomic E-state index is 0.471. The van der Waals surface area contributed by atoms with Crippen molar-refractivity contribution >= 4 is 11.9 Å². The molecule has 0 saturated heterocycles. The van der Waals surface area contributed by atoms with Crippen LogP contribution in [0.25, 0.3) is 11.1 Å². The molecule has 4 nitrogen and oxygen atoms in total. The van der Waals surface area contributed by atoms with Gasteiger partial charge in [-0.25, -0.2) is 14.0 Å². The van der Waals surface area contributed by atoms with Crippen LogP contribution in [-0.2, 0) is 6.18 Å². The fourth-order valence-electron chi connectivity index (χ4n) is 1.99. The Balaban J connectivity index is 2.83. The van der Waals surface area contributed by atoms with Crippen LogP contribution in [0.2, 0.25) is 0 Å². The number of hydrogen-bond donors (Lipinski definition) is 2. The van der Waals surface area contributed by atoms with Crippen molar-refractivity contribution in [3.8, 4) is 11.1 Å². The van der Waals surface area contributed by atoms with Crippen molar-refractivity contribution in [3.63, 3.8) is 0 Å². The molecule has 0 saturated carbocycles. The van der Waals surface area contributed by atoms with Crippen molar-refractivity contribution in [2.75, 3.05) is 0 Å². The summed E-state index contributed by atoms with van der Waals surface area (Å²) >= 11 is 0. The largest absolute Gasteiger partial charge is 0.478 e. The summed E-state index contributed by atoms with van der Waals surface area (Å²) in [6, 6.07) is 5.14. The van der Waals surface area contributed by atoms with Crippen LogP contribution in [0.4, 0.5) is 17.6 Å². The monoisotopic (exact) mass is 327 g/mol. The van der Waals surface area contributed by atoms with Gasteiger partial charge in [-0.3, -0.25) is 0 Å². The zero-order valence-corrected chi connectivity index (χ0v) is 11.1. The van der Waals surface area contributed by atoms with Crippen molar-refractivity contribution in [2.24, 2.45) is 0 Å². The summed E-state index contributed by atoms with van der Waals surface area (Å²) in [6.45, 7) is 0. The molecule has 0 aliphatic heterocycles. The summed E-state index contributed by atoms with van der Waals surface area (Å²) in [7, 11) is 0. The van der Waals surface area contributed by atoms with Crippen molar-refractivity contribution in [2.45, 2.75) is 6.18 Å². The van der Waals surface area contributed by atoms with Crippen LogP contribution >= 0.6 is 0 Å². The molecule has 0 amide bonds. The van der Waals surface area contributed by atoms with E-state index in [1.54, 1.807) is 0 Å². The Morgan fingerprint density at radius 3 is 2.17 bits per heavy atom. The van der Waals surface area contributed by atoms with Crippen LogP contribution in [0.1, 0.15) is 26.3 Å². The Morgan fingerprint density at radius 2 is 1.65 bits per heavy atom. The van der Waals surface area contributed by atoms with E-state index >= 15 is 0 Å². The first kappa shape index (κ1) is 16.5. The summed E-state index contributed by atoms with van der Waals surface area (Å²) in [5.74, 6) is -4.11. The lowest BCUT2D eigenvalue weighted by molar-refractivity contribution is -0.137. The normalized spacial score (nSPS) is 11.3. The van der Waals surface area contributed by atoms with Gasteiger partial charge in [0, 0.05) is 11.6 Å². The first-order chi connectivity index (χ1) is 10.6. The first-order valence-electron chi connectivity index (χ1n) is 6.00. The maximum absolute atomic E-state index is 13.4. The predicted molar refractivity (Wildman–Crippen MR) is 69.6 cm³/mol. The van der Waals surface area contributed by atoms with Crippen molar-refractivity contribution < 1.29 is 37.4 Å². The molecule has 0 fully saturated rings. The highest BCUT2D eigenvalue weighted by molar-refractivity contribution is 6.02. The summed E-state index contributed by atoms with van der Waals surface area (Å²) < 4.78 is 51.8. The minimum atomic E-state index is -4.77. The maximum Gasteiger partial charge on any atom is 0.416 e. The van der Waals surface area contributed by atoms with Gasteiger partial charge in [-0.15, -0.1) is 0 Å². The van der Waals surface area contributed by atoms with Gasteiger partial charge < -0.3 is 10.2 Å². The summed E-state index contributed by atoms with van der Waals surface area (Å²) in [6.07, 6.45) is -4.77. The number of carbonyl (C=O) groups is 2. The number of alkyl halides is 3. The zero-order chi connectivity index (χ0) is 17.4. The lowest BCUT2D eigenvalue weighted by atomic mass is 9.93. The second-order valence-electron chi connectivity index (χ2n) is 4.47.